The molecular formula is C16H14IN3O6S. The third-order valence-electron chi connectivity index (χ3n) is 4.20. The van der Waals surface area contributed by atoms with Gasteiger partial charge in [0, 0.05) is 30.8 Å². The molecule has 1 aromatic carbocycles. The summed E-state index contributed by atoms with van der Waals surface area (Å²) >= 11 is 2.38. The number of rotatable bonds is 4. The molecule has 2 fully saturated rings. The van der Waals surface area contributed by atoms with E-state index in [1.807, 2.05) is 0 Å². The lowest BCUT2D eigenvalue weighted by Crippen LogP contribution is -2.40. The van der Waals surface area contributed by atoms with Gasteiger partial charge in [0.2, 0.25) is 5.91 Å². The maximum atomic E-state index is 12.5. The summed E-state index contributed by atoms with van der Waals surface area (Å²) < 4.78 is 0.247. The number of hydrogen-bond donors (Lipinski definition) is 1. The summed E-state index contributed by atoms with van der Waals surface area (Å²) in [6, 6.07) is 2.33. The van der Waals surface area contributed by atoms with E-state index >= 15 is 0 Å². The Bertz CT molecular complexity index is 881. The van der Waals surface area contributed by atoms with Gasteiger partial charge in [0.1, 0.15) is 12.3 Å². The Balaban J connectivity index is 1.84. The molecular weight excluding hydrogens is 489 g/mol. The Morgan fingerprint density at radius 2 is 2.00 bits per heavy atom. The Hall–Kier alpha value is -2.15. The molecule has 2 aliphatic heterocycles. The minimum atomic E-state index is -0.654. The van der Waals surface area contributed by atoms with Crippen molar-refractivity contribution in [3.05, 3.63) is 36.3 Å². The van der Waals surface area contributed by atoms with Crippen LogP contribution < -0.4 is 0 Å². The van der Waals surface area contributed by atoms with E-state index in [1.165, 1.54) is 12.1 Å². The highest BCUT2D eigenvalue weighted by Gasteiger charge is 2.37. The molecule has 0 saturated carbocycles. The smallest absolute Gasteiger partial charge is 0.294 e. The number of benzene rings is 1. The van der Waals surface area contributed by atoms with E-state index in [0.29, 0.717) is 24.9 Å². The summed E-state index contributed by atoms with van der Waals surface area (Å²) in [6.45, 7) is 0.899. The third-order valence-corrected chi connectivity index (χ3v) is 5.93. The lowest BCUT2D eigenvalue weighted by molar-refractivity contribution is -0.385. The lowest BCUT2D eigenvalue weighted by Gasteiger charge is -2.18. The Kier molecular flexibility index (Phi) is 5.69. The maximum Gasteiger partial charge on any atom is 0.294 e. The van der Waals surface area contributed by atoms with Crippen LogP contribution in [0.5, 0.6) is 5.75 Å². The zero-order valence-corrected chi connectivity index (χ0v) is 16.9. The van der Waals surface area contributed by atoms with Gasteiger partial charge in [0.05, 0.1) is 13.4 Å². The van der Waals surface area contributed by atoms with Gasteiger partial charge in [-0.05, 0) is 53.3 Å². The predicted molar refractivity (Wildman–Crippen MR) is 106 cm³/mol. The number of aromatic hydroxyl groups is 1. The van der Waals surface area contributed by atoms with Gasteiger partial charge in [0.15, 0.2) is 0 Å². The lowest BCUT2D eigenvalue weighted by atomic mass is 10.1. The van der Waals surface area contributed by atoms with Gasteiger partial charge in [-0.1, -0.05) is 0 Å². The van der Waals surface area contributed by atoms with E-state index < -0.39 is 16.1 Å². The molecule has 3 rings (SSSR count). The number of thioether (sulfide) groups is 1. The van der Waals surface area contributed by atoms with E-state index in [1.54, 1.807) is 27.5 Å². The van der Waals surface area contributed by atoms with E-state index in [-0.39, 0.29) is 37.9 Å². The number of nitrogens with zero attached hydrogens (tertiary/aromatic N) is 3. The minimum absolute atomic E-state index is 0.000759. The zero-order chi connectivity index (χ0) is 19.7. The molecule has 142 valence electrons. The maximum absolute atomic E-state index is 12.5. The molecule has 0 atom stereocenters. The number of amides is 3. The van der Waals surface area contributed by atoms with Crippen LogP contribution in [0.25, 0.3) is 6.08 Å². The van der Waals surface area contributed by atoms with Crippen molar-refractivity contribution < 1.29 is 24.4 Å². The number of phenols is 1. The van der Waals surface area contributed by atoms with Crippen LogP contribution >= 0.6 is 34.4 Å². The molecule has 27 heavy (non-hydrogen) atoms. The molecule has 0 aliphatic carbocycles. The number of nitro benzene ring substituents is 1. The molecule has 2 aliphatic rings. The second-order valence-corrected chi connectivity index (χ2v) is 8.13. The van der Waals surface area contributed by atoms with Crippen molar-refractivity contribution in [3.8, 4) is 5.75 Å². The number of carbonyl (C=O) groups is 3. The third kappa shape index (κ3) is 4.08. The number of carbonyl (C=O) groups excluding carboxylic acids is 3. The first-order valence-electron chi connectivity index (χ1n) is 7.98. The molecule has 1 N–H and O–H groups in total. The normalized spacial score (nSPS) is 18.6. The standard InChI is InChI=1S/C16H14IN3O6S/c17-11-7-10(20(25)26)5-9(14(11)22)6-12-15(23)19(16(24)27-12)8-13(21)18-3-1-2-4-18/h5-7,22H,1-4,8H2/b12-6+. The number of likely N-dealkylation sites (tertiary alicyclic amines) is 1. The average molecular weight is 503 g/mol. The molecule has 2 heterocycles. The van der Waals surface area contributed by atoms with Crippen LogP contribution in [-0.2, 0) is 9.59 Å². The van der Waals surface area contributed by atoms with Crippen molar-refractivity contribution in [2.24, 2.45) is 0 Å². The van der Waals surface area contributed by atoms with Crippen LogP contribution in [-0.4, -0.2) is 56.5 Å². The number of imide groups is 1. The quantitative estimate of drug-likeness (QED) is 0.290. The molecule has 0 spiro atoms. The summed E-state index contributed by atoms with van der Waals surface area (Å²) in [6.07, 6.45) is 3.03. The number of phenolic OH excluding ortho intramolecular Hbond substituents is 1. The number of hydrogen-bond acceptors (Lipinski definition) is 7. The van der Waals surface area contributed by atoms with Crippen LogP contribution in [0.15, 0.2) is 17.0 Å². The highest BCUT2D eigenvalue weighted by molar-refractivity contribution is 14.1. The first kappa shape index (κ1) is 19.6. The molecule has 2 saturated heterocycles. The van der Waals surface area contributed by atoms with Crippen LogP contribution in [0, 0.1) is 13.7 Å². The Labute approximate surface area is 171 Å². The molecule has 3 amide bonds. The molecule has 1 aromatic rings. The Morgan fingerprint density at radius 1 is 1.33 bits per heavy atom. The fourth-order valence-electron chi connectivity index (χ4n) is 2.80. The van der Waals surface area contributed by atoms with Gasteiger partial charge in [-0.2, -0.15) is 0 Å². The van der Waals surface area contributed by atoms with Crippen molar-refractivity contribution in [2.45, 2.75) is 12.8 Å². The molecule has 0 bridgehead atoms. The van der Waals surface area contributed by atoms with Crippen molar-refractivity contribution >= 4 is 63.2 Å². The van der Waals surface area contributed by atoms with Crippen molar-refractivity contribution in [1.29, 1.82) is 0 Å². The molecule has 0 radical (unpaired) electrons. The Morgan fingerprint density at radius 3 is 2.63 bits per heavy atom. The first-order valence-corrected chi connectivity index (χ1v) is 9.87. The second-order valence-electron chi connectivity index (χ2n) is 5.98. The molecule has 11 heteroatoms. The SMILES string of the molecule is O=C(CN1C(=O)S/C(=C/c2cc([N+](=O)[O-])cc(I)c2O)C1=O)N1CCCC1. The minimum Gasteiger partial charge on any atom is -0.506 e. The van der Waals surface area contributed by atoms with Gasteiger partial charge in [0.25, 0.3) is 16.8 Å². The summed E-state index contributed by atoms with van der Waals surface area (Å²) in [5.41, 5.74) is -0.183. The predicted octanol–water partition coefficient (Wildman–Crippen LogP) is 2.56. The van der Waals surface area contributed by atoms with Gasteiger partial charge in [-0.15, -0.1) is 0 Å². The van der Waals surface area contributed by atoms with Crippen molar-refractivity contribution in [3.63, 3.8) is 0 Å². The molecule has 0 unspecified atom stereocenters. The highest BCUT2D eigenvalue weighted by Crippen LogP contribution is 2.36. The second kappa shape index (κ2) is 7.84. The van der Waals surface area contributed by atoms with E-state index in [2.05, 4.69) is 0 Å². The van der Waals surface area contributed by atoms with Gasteiger partial charge >= 0.3 is 0 Å². The van der Waals surface area contributed by atoms with E-state index in [9.17, 15) is 29.6 Å². The van der Waals surface area contributed by atoms with Gasteiger partial charge in [-0.3, -0.25) is 29.4 Å². The number of halogens is 1. The van der Waals surface area contributed by atoms with E-state index in [4.69, 9.17) is 0 Å². The fraction of sp³-hybridized carbons (Fsp3) is 0.312. The largest absolute Gasteiger partial charge is 0.506 e. The van der Waals surface area contributed by atoms with Crippen LogP contribution in [0.4, 0.5) is 10.5 Å². The summed E-state index contributed by atoms with van der Waals surface area (Å²) in [4.78, 5) is 49.7. The highest BCUT2D eigenvalue weighted by atomic mass is 127. The summed E-state index contributed by atoms with van der Waals surface area (Å²) in [5.74, 6) is -1.16. The zero-order valence-electron chi connectivity index (χ0n) is 13.9. The summed E-state index contributed by atoms with van der Waals surface area (Å²) in [7, 11) is 0. The topological polar surface area (TPSA) is 121 Å². The summed E-state index contributed by atoms with van der Waals surface area (Å²) in [5, 5.41) is 20.5. The number of nitro groups is 1. The van der Waals surface area contributed by atoms with Gasteiger partial charge in [-0.25, -0.2) is 0 Å². The van der Waals surface area contributed by atoms with Crippen LogP contribution in [0.1, 0.15) is 18.4 Å². The number of non-ortho nitro benzene ring substituents is 1. The first-order chi connectivity index (χ1) is 12.8. The van der Waals surface area contributed by atoms with Crippen molar-refractivity contribution in [1.82, 2.24) is 9.80 Å². The molecule has 9 nitrogen and oxygen atoms in total. The van der Waals surface area contributed by atoms with Crippen LogP contribution in [0.2, 0.25) is 0 Å². The molecule has 0 aromatic heterocycles. The fourth-order valence-corrected chi connectivity index (χ4v) is 4.26. The van der Waals surface area contributed by atoms with Gasteiger partial charge < -0.3 is 10.0 Å². The average Bonchev–Trinajstić information content (AvgIpc) is 3.23. The monoisotopic (exact) mass is 503 g/mol. The van der Waals surface area contributed by atoms with E-state index in [0.717, 1.165) is 23.8 Å². The van der Waals surface area contributed by atoms with Crippen LogP contribution in [0.3, 0.4) is 0 Å². The van der Waals surface area contributed by atoms with Crippen molar-refractivity contribution in [2.75, 3.05) is 19.6 Å².